The quantitative estimate of drug-likeness (QED) is 0.815. The second kappa shape index (κ2) is 5.19. The van der Waals surface area contributed by atoms with Crippen LogP contribution in [0.5, 0.6) is 0 Å². The van der Waals surface area contributed by atoms with Crippen LogP contribution in [0.25, 0.3) is 10.9 Å². The summed E-state index contributed by atoms with van der Waals surface area (Å²) >= 11 is 6.13. The summed E-state index contributed by atoms with van der Waals surface area (Å²) in [4.78, 5) is 4.37. The number of nitrogens with zero attached hydrogens (tertiary/aromatic N) is 1. The molecule has 0 saturated heterocycles. The summed E-state index contributed by atoms with van der Waals surface area (Å²) in [5.74, 6) is 0. The topological polar surface area (TPSA) is 24.9 Å². The molecule has 0 aliphatic rings. The van der Waals surface area contributed by atoms with Crippen molar-refractivity contribution in [3.8, 4) is 0 Å². The van der Waals surface area contributed by atoms with Gasteiger partial charge in [0.05, 0.1) is 16.2 Å². The zero-order valence-corrected chi connectivity index (χ0v) is 10.6. The molecule has 0 unspecified atom stereocenters. The number of hydrogen-bond donors (Lipinski definition) is 1. The largest absolute Gasteiger partial charge is 0.383 e. The maximum atomic E-state index is 6.13. The fourth-order valence-electron chi connectivity index (χ4n) is 1.69. The normalized spacial score (nSPS) is 10.5. The molecule has 0 aliphatic heterocycles. The van der Waals surface area contributed by atoms with Crippen molar-refractivity contribution in [1.29, 1.82) is 0 Å². The molecule has 0 radical (unpaired) electrons. The zero-order valence-electron chi connectivity index (χ0n) is 9.83. The van der Waals surface area contributed by atoms with Gasteiger partial charge in [0.2, 0.25) is 0 Å². The first-order chi connectivity index (χ1) is 8.18. The minimum absolute atomic E-state index is 0.735. The molecule has 0 bridgehead atoms. The number of rotatable bonds is 4. The highest BCUT2D eigenvalue weighted by Crippen LogP contribution is 2.27. The highest BCUT2D eigenvalue weighted by atomic mass is 35.5. The van der Waals surface area contributed by atoms with Crippen LogP contribution in [0.4, 0.5) is 5.69 Å². The Kier molecular flexibility index (Phi) is 3.64. The Morgan fingerprint density at radius 2 is 2.24 bits per heavy atom. The van der Waals surface area contributed by atoms with Gasteiger partial charge in [-0.1, -0.05) is 17.2 Å². The third kappa shape index (κ3) is 2.77. The number of hydrogen-bond acceptors (Lipinski definition) is 2. The van der Waals surface area contributed by atoms with Crippen molar-refractivity contribution in [1.82, 2.24) is 4.98 Å². The monoisotopic (exact) mass is 246 g/mol. The maximum absolute atomic E-state index is 6.13. The second-order valence-electron chi connectivity index (χ2n) is 4.13. The Labute approximate surface area is 106 Å². The first kappa shape index (κ1) is 11.9. The lowest BCUT2D eigenvalue weighted by Crippen LogP contribution is -2.02. The average Bonchev–Trinajstić information content (AvgIpc) is 2.32. The van der Waals surface area contributed by atoms with Crippen molar-refractivity contribution in [2.24, 2.45) is 0 Å². The van der Waals surface area contributed by atoms with Gasteiger partial charge >= 0.3 is 0 Å². The highest BCUT2D eigenvalue weighted by Gasteiger charge is 2.04. The van der Waals surface area contributed by atoms with Gasteiger partial charge in [0.1, 0.15) is 0 Å². The van der Waals surface area contributed by atoms with Gasteiger partial charge in [-0.3, -0.25) is 4.98 Å². The van der Waals surface area contributed by atoms with Crippen LogP contribution < -0.4 is 5.32 Å². The molecule has 2 rings (SSSR count). The zero-order chi connectivity index (χ0) is 12.3. The van der Waals surface area contributed by atoms with Crippen LogP contribution in [-0.4, -0.2) is 11.5 Å². The van der Waals surface area contributed by atoms with E-state index in [1.54, 1.807) is 6.20 Å². The van der Waals surface area contributed by atoms with E-state index >= 15 is 0 Å². The summed E-state index contributed by atoms with van der Waals surface area (Å²) in [6.07, 6.45) is 2.74. The molecular weight excluding hydrogens is 232 g/mol. The first-order valence-electron chi connectivity index (χ1n) is 5.60. The van der Waals surface area contributed by atoms with E-state index < -0.39 is 0 Å². The van der Waals surface area contributed by atoms with E-state index in [1.807, 2.05) is 31.2 Å². The van der Waals surface area contributed by atoms with Gasteiger partial charge in [-0.2, -0.15) is 0 Å². The van der Waals surface area contributed by atoms with E-state index in [-0.39, 0.29) is 0 Å². The van der Waals surface area contributed by atoms with Crippen molar-refractivity contribution in [3.05, 3.63) is 47.6 Å². The molecule has 17 heavy (non-hydrogen) atoms. The molecule has 0 saturated carbocycles. The molecule has 2 aromatic rings. The lowest BCUT2D eigenvalue weighted by molar-refractivity contribution is 1.00. The number of fused-ring (bicyclic) bond motifs is 1. The van der Waals surface area contributed by atoms with Gasteiger partial charge in [0.25, 0.3) is 0 Å². The summed E-state index contributed by atoms with van der Waals surface area (Å²) in [5.41, 5.74) is 3.11. The van der Waals surface area contributed by atoms with Crippen LogP contribution in [-0.2, 0) is 0 Å². The number of anilines is 1. The molecule has 0 spiro atoms. The van der Waals surface area contributed by atoms with E-state index in [0.717, 1.165) is 34.6 Å². The number of pyridine rings is 1. The second-order valence-corrected chi connectivity index (χ2v) is 4.54. The molecule has 0 atom stereocenters. The van der Waals surface area contributed by atoms with Crippen LogP contribution in [0.2, 0.25) is 5.02 Å². The smallest absolute Gasteiger partial charge is 0.0948 e. The van der Waals surface area contributed by atoms with Crippen LogP contribution in [0.1, 0.15) is 13.3 Å². The van der Waals surface area contributed by atoms with Gasteiger partial charge in [-0.25, -0.2) is 0 Å². The fraction of sp³-hybridized carbons (Fsp3) is 0.214. The first-order valence-corrected chi connectivity index (χ1v) is 5.98. The Morgan fingerprint density at radius 1 is 1.41 bits per heavy atom. The Morgan fingerprint density at radius 3 is 3.00 bits per heavy atom. The summed E-state index contributed by atoms with van der Waals surface area (Å²) < 4.78 is 0. The van der Waals surface area contributed by atoms with E-state index in [2.05, 4.69) is 16.9 Å². The Balaban J connectivity index is 2.28. The molecule has 3 heteroatoms. The molecule has 2 nitrogen and oxygen atoms in total. The van der Waals surface area contributed by atoms with Gasteiger partial charge in [-0.15, -0.1) is 6.58 Å². The molecule has 88 valence electrons. The van der Waals surface area contributed by atoms with Gasteiger partial charge in [-0.05, 0) is 37.6 Å². The summed E-state index contributed by atoms with van der Waals surface area (Å²) in [6.45, 7) is 6.78. The van der Waals surface area contributed by atoms with Gasteiger partial charge in [0.15, 0.2) is 0 Å². The molecular formula is C14H15ClN2. The SMILES string of the molecule is C=C(C)CCNc1ccc(Cl)c2cccnc12. The molecule has 1 aromatic heterocycles. The number of halogens is 1. The molecule has 1 N–H and O–H groups in total. The fourth-order valence-corrected chi connectivity index (χ4v) is 1.91. The summed E-state index contributed by atoms with van der Waals surface area (Å²) in [5, 5.41) is 5.08. The van der Waals surface area contributed by atoms with Crippen molar-refractivity contribution < 1.29 is 0 Å². The van der Waals surface area contributed by atoms with Crippen molar-refractivity contribution in [3.63, 3.8) is 0 Å². The Hall–Kier alpha value is -1.54. The van der Waals surface area contributed by atoms with E-state index in [1.165, 1.54) is 5.57 Å². The molecule has 0 amide bonds. The number of nitrogens with one attached hydrogen (secondary N) is 1. The molecule has 1 heterocycles. The summed E-state index contributed by atoms with van der Waals surface area (Å²) in [7, 11) is 0. The van der Waals surface area contributed by atoms with E-state index in [4.69, 9.17) is 11.6 Å². The molecule has 0 aliphatic carbocycles. The number of benzene rings is 1. The van der Waals surface area contributed by atoms with Crippen LogP contribution in [0, 0.1) is 0 Å². The third-order valence-electron chi connectivity index (χ3n) is 2.58. The van der Waals surface area contributed by atoms with Crippen molar-refractivity contribution >= 4 is 28.2 Å². The van der Waals surface area contributed by atoms with Gasteiger partial charge < -0.3 is 5.32 Å². The minimum Gasteiger partial charge on any atom is -0.383 e. The summed E-state index contributed by atoms with van der Waals surface area (Å²) in [6, 6.07) is 7.74. The minimum atomic E-state index is 0.735. The van der Waals surface area contributed by atoms with E-state index in [0.29, 0.717) is 0 Å². The van der Waals surface area contributed by atoms with Gasteiger partial charge in [0, 0.05) is 18.1 Å². The van der Waals surface area contributed by atoms with Crippen molar-refractivity contribution in [2.75, 3.05) is 11.9 Å². The average molecular weight is 247 g/mol. The maximum Gasteiger partial charge on any atom is 0.0948 e. The van der Waals surface area contributed by atoms with Crippen molar-refractivity contribution in [2.45, 2.75) is 13.3 Å². The molecule has 1 aromatic carbocycles. The van der Waals surface area contributed by atoms with Crippen LogP contribution in [0.3, 0.4) is 0 Å². The predicted octanol–water partition coefficient (Wildman–Crippen LogP) is 4.27. The Bertz CT molecular complexity index is 549. The highest BCUT2D eigenvalue weighted by molar-refractivity contribution is 6.35. The lowest BCUT2D eigenvalue weighted by atomic mass is 10.2. The standard InChI is InChI=1S/C14H15ClN2/c1-10(2)7-9-16-13-6-5-12(15)11-4-3-8-17-14(11)13/h3-6,8,16H,1,7,9H2,2H3. The third-order valence-corrected chi connectivity index (χ3v) is 2.91. The predicted molar refractivity (Wildman–Crippen MR) is 74.7 cm³/mol. The lowest BCUT2D eigenvalue weighted by Gasteiger charge is -2.09. The van der Waals surface area contributed by atoms with Crippen LogP contribution in [0.15, 0.2) is 42.6 Å². The molecule has 0 fully saturated rings. The van der Waals surface area contributed by atoms with Crippen LogP contribution >= 0.6 is 11.6 Å². The number of aromatic nitrogens is 1. The van der Waals surface area contributed by atoms with E-state index in [9.17, 15) is 0 Å².